The number of sulfonamides is 1. The summed E-state index contributed by atoms with van der Waals surface area (Å²) in [6.07, 6.45) is 2.12. The van der Waals surface area contributed by atoms with E-state index in [2.05, 4.69) is 22.0 Å². The van der Waals surface area contributed by atoms with Crippen LogP contribution < -0.4 is 10.2 Å². The van der Waals surface area contributed by atoms with Crippen LogP contribution in [0, 0.1) is 0 Å². The highest BCUT2D eigenvalue weighted by molar-refractivity contribution is 7.89. The first-order valence-corrected chi connectivity index (χ1v) is 12.9. The fourth-order valence-electron chi connectivity index (χ4n) is 4.49. The third kappa shape index (κ3) is 4.98. The van der Waals surface area contributed by atoms with E-state index in [-0.39, 0.29) is 10.8 Å². The van der Waals surface area contributed by atoms with E-state index >= 15 is 0 Å². The molecular weight excluding hydrogens is 424 g/mol. The van der Waals surface area contributed by atoms with E-state index in [9.17, 15) is 13.2 Å². The zero-order valence-electron chi connectivity index (χ0n) is 18.6. The van der Waals surface area contributed by atoms with Crippen LogP contribution in [-0.2, 0) is 14.8 Å². The topological polar surface area (TPSA) is 73.0 Å². The molecule has 2 saturated heterocycles. The first-order valence-electron chi connectivity index (χ1n) is 11.4. The van der Waals surface area contributed by atoms with E-state index in [0.717, 1.165) is 51.3 Å². The molecule has 2 aromatic rings. The van der Waals surface area contributed by atoms with Crippen molar-refractivity contribution < 1.29 is 13.2 Å². The molecule has 0 bridgehead atoms. The van der Waals surface area contributed by atoms with Gasteiger partial charge in [0.25, 0.3) is 0 Å². The smallest absolute Gasteiger partial charge is 0.243 e. The highest BCUT2D eigenvalue weighted by Crippen LogP contribution is 2.27. The van der Waals surface area contributed by atoms with Crippen LogP contribution in [0.4, 0.5) is 11.4 Å². The fourth-order valence-corrected chi connectivity index (χ4v) is 6.16. The van der Waals surface area contributed by atoms with Gasteiger partial charge in [-0.1, -0.05) is 31.5 Å². The summed E-state index contributed by atoms with van der Waals surface area (Å²) in [4.78, 5) is 18.1. The Morgan fingerprint density at radius 2 is 1.62 bits per heavy atom. The molecule has 0 aliphatic carbocycles. The Kier molecular flexibility index (Phi) is 7.13. The van der Waals surface area contributed by atoms with E-state index in [4.69, 9.17) is 0 Å². The lowest BCUT2D eigenvalue weighted by Gasteiger charge is -2.35. The molecule has 1 amide bonds. The molecule has 2 aliphatic heterocycles. The Hall–Kier alpha value is -2.42. The van der Waals surface area contributed by atoms with E-state index in [0.29, 0.717) is 18.7 Å². The molecule has 172 valence electrons. The van der Waals surface area contributed by atoms with Crippen molar-refractivity contribution in [2.24, 2.45) is 0 Å². The van der Waals surface area contributed by atoms with E-state index < -0.39 is 16.1 Å². The molecule has 32 heavy (non-hydrogen) atoms. The normalized spacial score (nSPS) is 20.8. The molecule has 2 heterocycles. The Bertz CT molecular complexity index is 1000. The number of rotatable bonds is 6. The summed E-state index contributed by atoms with van der Waals surface area (Å²) in [6.45, 7) is 7.73. The molecular formula is C24H32N4O3S. The minimum atomic E-state index is -3.71. The van der Waals surface area contributed by atoms with Crippen LogP contribution in [0.1, 0.15) is 26.2 Å². The Morgan fingerprint density at radius 3 is 2.28 bits per heavy atom. The maximum atomic E-state index is 13.2. The lowest BCUT2D eigenvalue weighted by atomic mass is 10.0. The van der Waals surface area contributed by atoms with E-state index in [1.54, 1.807) is 30.3 Å². The van der Waals surface area contributed by atoms with Crippen LogP contribution in [0.2, 0.25) is 0 Å². The molecule has 1 unspecified atom stereocenters. The number of hydrogen-bond acceptors (Lipinski definition) is 5. The predicted octanol–water partition coefficient (Wildman–Crippen LogP) is 3.01. The summed E-state index contributed by atoms with van der Waals surface area (Å²) < 4.78 is 27.7. The Balaban J connectivity index is 1.43. The summed E-state index contributed by atoms with van der Waals surface area (Å²) in [5, 5.41) is 2.94. The molecule has 0 aromatic heterocycles. The van der Waals surface area contributed by atoms with Crippen LogP contribution in [0.3, 0.4) is 0 Å². The first kappa shape index (κ1) is 22.8. The zero-order chi connectivity index (χ0) is 22.6. The lowest BCUT2D eigenvalue weighted by Crippen LogP contribution is -2.49. The number of hydrogen-bond donors (Lipinski definition) is 1. The molecule has 4 rings (SSSR count). The van der Waals surface area contributed by atoms with Crippen molar-refractivity contribution in [1.82, 2.24) is 9.21 Å². The SMILES string of the molecule is CCN1CCN(c2ccc(NC(=O)C3CCCCN3S(=O)(=O)c3ccccc3)cc2)CC1. The van der Waals surface area contributed by atoms with Gasteiger partial charge in [-0.3, -0.25) is 4.79 Å². The second-order valence-electron chi connectivity index (χ2n) is 8.40. The van der Waals surface area contributed by atoms with Crippen LogP contribution in [0.5, 0.6) is 0 Å². The highest BCUT2D eigenvalue weighted by atomic mass is 32.2. The van der Waals surface area contributed by atoms with Gasteiger partial charge in [-0.25, -0.2) is 8.42 Å². The number of nitrogens with one attached hydrogen (secondary N) is 1. The number of benzene rings is 2. The quantitative estimate of drug-likeness (QED) is 0.724. The van der Waals surface area contributed by atoms with Crippen LogP contribution in [0.15, 0.2) is 59.5 Å². The first-order chi connectivity index (χ1) is 15.5. The number of piperazine rings is 1. The predicted molar refractivity (Wildman–Crippen MR) is 127 cm³/mol. The molecule has 0 spiro atoms. The number of amides is 1. The largest absolute Gasteiger partial charge is 0.369 e. The molecule has 2 aliphatic rings. The van der Waals surface area contributed by atoms with Crippen molar-refractivity contribution in [1.29, 1.82) is 0 Å². The van der Waals surface area contributed by atoms with Crippen LogP contribution >= 0.6 is 0 Å². The monoisotopic (exact) mass is 456 g/mol. The van der Waals surface area contributed by atoms with Crippen LogP contribution in [-0.4, -0.2) is 68.8 Å². The maximum Gasteiger partial charge on any atom is 0.243 e. The second-order valence-corrected chi connectivity index (χ2v) is 10.3. The van der Waals surface area contributed by atoms with Gasteiger partial charge in [-0.2, -0.15) is 4.31 Å². The molecule has 2 fully saturated rings. The zero-order valence-corrected chi connectivity index (χ0v) is 19.4. The number of likely N-dealkylation sites (N-methyl/N-ethyl adjacent to an activating group) is 1. The number of nitrogens with zero attached hydrogens (tertiary/aromatic N) is 3. The number of piperidine rings is 1. The second kappa shape index (κ2) is 10.0. The van der Waals surface area contributed by atoms with Gasteiger partial charge in [0.15, 0.2) is 0 Å². The number of carbonyl (C=O) groups excluding carboxylic acids is 1. The van der Waals surface area contributed by atoms with Gasteiger partial charge in [0, 0.05) is 44.1 Å². The molecule has 7 nitrogen and oxygen atoms in total. The third-order valence-corrected chi connectivity index (χ3v) is 8.35. The molecule has 1 N–H and O–H groups in total. The van der Waals surface area contributed by atoms with Gasteiger partial charge >= 0.3 is 0 Å². The average molecular weight is 457 g/mol. The standard InChI is InChI=1S/C24H32N4O3S/c1-2-26-16-18-27(19-17-26)21-13-11-20(12-14-21)25-24(29)23-10-6-7-15-28(23)32(30,31)22-8-4-3-5-9-22/h3-5,8-9,11-14,23H,2,6-7,10,15-19H2,1H3,(H,25,29). The molecule has 0 radical (unpaired) electrons. The van der Waals surface area contributed by atoms with Crippen molar-refractivity contribution in [3.05, 3.63) is 54.6 Å². The summed E-state index contributed by atoms with van der Waals surface area (Å²) in [5.74, 6) is -0.270. The van der Waals surface area contributed by atoms with Gasteiger partial charge in [0.1, 0.15) is 6.04 Å². The Labute approximate surface area is 191 Å². The van der Waals surface area contributed by atoms with Gasteiger partial charge in [-0.05, 0) is 55.8 Å². The van der Waals surface area contributed by atoms with E-state index in [1.807, 2.05) is 24.3 Å². The summed E-state index contributed by atoms with van der Waals surface area (Å²) >= 11 is 0. The molecule has 2 aromatic carbocycles. The minimum Gasteiger partial charge on any atom is -0.369 e. The number of carbonyl (C=O) groups is 1. The molecule has 1 atom stereocenters. The Morgan fingerprint density at radius 1 is 0.938 bits per heavy atom. The van der Waals surface area contributed by atoms with Crippen molar-refractivity contribution in [3.63, 3.8) is 0 Å². The molecule has 8 heteroatoms. The minimum absolute atomic E-state index is 0.229. The van der Waals surface area contributed by atoms with Crippen molar-refractivity contribution in [3.8, 4) is 0 Å². The molecule has 0 saturated carbocycles. The third-order valence-electron chi connectivity index (χ3n) is 6.43. The van der Waals surface area contributed by atoms with Gasteiger partial charge in [0.05, 0.1) is 4.90 Å². The van der Waals surface area contributed by atoms with E-state index in [1.165, 1.54) is 4.31 Å². The lowest BCUT2D eigenvalue weighted by molar-refractivity contribution is -0.120. The highest BCUT2D eigenvalue weighted by Gasteiger charge is 2.37. The maximum absolute atomic E-state index is 13.2. The van der Waals surface area contributed by atoms with Gasteiger partial charge in [-0.15, -0.1) is 0 Å². The van der Waals surface area contributed by atoms with Crippen molar-refractivity contribution in [2.45, 2.75) is 37.1 Å². The fraction of sp³-hybridized carbons (Fsp3) is 0.458. The average Bonchev–Trinajstić information content (AvgIpc) is 2.85. The summed E-state index contributed by atoms with van der Waals surface area (Å²) in [6, 6.07) is 15.5. The number of anilines is 2. The van der Waals surface area contributed by atoms with Crippen molar-refractivity contribution in [2.75, 3.05) is 49.5 Å². The summed E-state index contributed by atoms with van der Waals surface area (Å²) in [5.41, 5.74) is 1.83. The van der Waals surface area contributed by atoms with Crippen molar-refractivity contribution >= 4 is 27.3 Å². The van der Waals surface area contributed by atoms with Crippen LogP contribution in [0.25, 0.3) is 0 Å². The summed E-state index contributed by atoms with van der Waals surface area (Å²) in [7, 11) is -3.71. The van der Waals surface area contributed by atoms with Gasteiger partial charge in [0.2, 0.25) is 15.9 Å². The van der Waals surface area contributed by atoms with Gasteiger partial charge < -0.3 is 15.1 Å².